The van der Waals surface area contributed by atoms with Crippen molar-refractivity contribution in [2.45, 2.75) is 103 Å². The van der Waals surface area contributed by atoms with Crippen molar-refractivity contribution in [3.8, 4) is 0 Å². The van der Waals surface area contributed by atoms with Gasteiger partial charge in [0, 0.05) is 12.6 Å². The highest BCUT2D eigenvalue weighted by Crippen LogP contribution is 2.12. The number of carbonyl (C=O) groups is 1. The third-order valence-electron chi connectivity index (χ3n) is 4.75. The van der Waals surface area contributed by atoms with E-state index in [2.05, 4.69) is 24.1 Å². The molecule has 27 heavy (non-hydrogen) atoms. The molecule has 0 bridgehead atoms. The predicted octanol–water partition coefficient (Wildman–Crippen LogP) is 7.16. The SMILES string of the molecule is CCCC/C=C\CCCCCCCCCCCC(=O)OCc1ccccn1. The second-order valence-electron chi connectivity index (χ2n) is 7.32. The Morgan fingerprint density at radius 2 is 1.52 bits per heavy atom. The van der Waals surface area contributed by atoms with Gasteiger partial charge >= 0.3 is 5.97 Å². The Labute approximate surface area is 166 Å². The zero-order valence-electron chi connectivity index (χ0n) is 17.3. The third kappa shape index (κ3) is 15.1. The molecule has 152 valence electrons. The first-order chi connectivity index (χ1) is 13.3. The second-order valence-corrected chi connectivity index (χ2v) is 7.32. The van der Waals surface area contributed by atoms with Gasteiger partial charge in [0.1, 0.15) is 6.61 Å². The van der Waals surface area contributed by atoms with Crippen molar-refractivity contribution < 1.29 is 9.53 Å². The highest BCUT2D eigenvalue weighted by Gasteiger charge is 2.03. The van der Waals surface area contributed by atoms with Crippen LogP contribution in [-0.2, 0) is 16.1 Å². The molecular weight excluding hydrogens is 334 g/mol. The van der Waals surface area contributed by atoms with E-state index in [1.54, 1.807) is 6.20 Å². The van der Waals surface area contributed by atoms with Gasteiger partial charge < -0.3 is 4.74 Å². The minimum absolute atomic E-state index is 0.107. The standard InChI is InChI=1S/C24H39NO2/c1-2-3-4-5-6-7-8-9-10-11-12-13-14-15-16-20-24(26)27-22-23-19-17-18-21-25-23/h5-6,17-19,21H,2-4,7-16,20,22H2,1H3/b6-5-. The van der Waals surface area contributed by atoms with Crippen LogP contribution in [0, 0.1) is 0 Å². The average Bonchev–Trinajstić information content (AvgIpc) is 2.70. The number of rotatable bonds is 17. The molecule has 0 aliphatic heterocycles. The molecule has 1 rings (SSSR count). The number of unbranched alkanes of at least 4 members (excludes halogenated alkanes) is 11. The monoisotopic (exact) mass is 373 g/mol. The number of allylic oxidation sites excluding steroid dienone is 2. The molecule has 3 heteroatoms. The lowest BCUT2D eigenvalue weighted by molar-refractivity contribution is -0.145. The summed E-state index contributed by atoms with van der Waals surface area (Å²) in [6.45, 7) is 2.53. The fourth-order valence-corrected chi connectivity index (χ4v) is 3.04. The summed E-state index contributed by atoms with van der Waals surface area (Å²) in [4.78, 5) is 15.8. The summed E-state index contributed by atoms with van der Waals surface area (Å²) < 4.78 is 5.24. The van der Waals surface area contributed by atoms with E-state index in [0.717, 1.165) is 18.5 Å². The van der Waals surface area contributed by atoms with Crippen molar-refractivity contribution in [3.63, 3.8) is 0 Å². The topological polar surface area (TPSA) is 39.2 Å². The first-order valence-corrected chi connectivity index (χ1v) is 11.0. The van der Waals surface area contributed by atoms with E-state index in [-0.39, 0.29) is 12.6 Å². The van der Waals surface area contributed by atoms with Gasteiger partial charge in [0.25, 0.3) is 0 Å². The first kappa shape index (κ1) is 23.4. The molecule has 1 aromatic heterocycles. The maximum Gasteiger partial charge on any atom is 0.306 e. The lowest BCUT2D eigenvalue weighted by atomic mass is 10.1. The van der Waals surface area contributed by atoms with Crippen molar-refractivity contribution in [3.05, 3.63) is 42.2 Å². The number of carbonyl (C=O) groups excluding carboxylic acids is 1. The summed E-state index contributed by atoms with van der Waals surface area (Å²) in [6.07, 6.45) is 23.4. The number of nitrogens with zero attached hydrogens (tertiary/aromatic N) is 1. The lowest BCUT2D eigenvalue weighted by Crippen LogP contribution is -2.05. The van der Waals surface area contributed by atoms with Gasteiger partial charge in [0.2, 0.25) is 0 Å². The number of ether oxygens (including phenoxy) is 1. The maximum absolute atomic E-state index is 11.7. The molecule has 1 aromatic rings. The zero-order valence-corrected chi connectivity index (χ0v) is 17.3. The van der Waals surface area contributed by atoms with E-state index in [4.69, 9.17) is 4.74 Å². The Bertz CT molecular complexity index is 484. The van der Waals surface area contributed by atoms with Crippen molar-refractivity contribution in [1.82, 2.24) is 4.98 Å². The molecule has 0 radical (unpaired) electrons. The Balaban J connectivity index is 1.80. The molecule has 0 saturated heterocycles. The van der Waals surface area contributed by atoms with E-state index in [9.17, 15) is 4.79 Å². The Kier molecular flexibility index (Phi) is 15.4. The van der Waals surface area contributed by atoms with Gasteiger partial charge in [0.15, 0.2) is 0 Å². The summed E-state index contributed by atoms with van der Waals surface area (Å²) >= 11 is 0. The van der Waals surface area contributed by atoms with Crippen LogP contribution < -0.4 is 0 Å². The van der Waals surface area contributed by atoms with Crippen molar-refractivity contribution >= 4 is 5.97 Å². The fraction of sp³-hybridized carbons (Fsp3) is 0.667. The second kappa shape index (κ2) is 17.8. The molecule has 0 unspecified atom stereocenters. The molecule has 0 fully saturated rings. The molecule has 3 nitrogen and oxygen atoms in total. The normalized spacial score (nSPS) is 11.1. The van der Waals surface area contributed by atoms with Crippen LogP contribution in [-0.4, -0.2) is 11.0 Å². The Hall–Kier alpha value is -1.64. The lowest BCUT2D eigenvalue weighted by Gasteiger charge is -2.04. The summed E-state index contributed by atoms with van der Waals surface area (Å²) in [5.74, 6) is -0.107. The minimum Gasteiger partial charge on any atom is -0.459 e. The molecular formula is C24H39NO2. The summed E-state index contributed by atoms with van der Waals surface area (Å²) in [6, 6.07) is 5.64. The molecule has 1 heterocycles. The highest BCUT2D eigenvalue weighted by atomic mass is 16.5. The molecule has 0 aliphatic rings. The van der Waals surface area contributed by atoms with Gasteiger partial charge in [-0.25, -0.2) is 0 Å². The molecule has 0 aliphatic carbocycles. The number of pyridine rings is 1. The van der Waals surface area contributed by atoms with Crippen LogP contribution in [0.2, 0.25) is 0 Å². The predicted molar refractivity (Wildman–Crippen MR) is 113 cm³/mol. The average molecular weight is 374 g/mol. The van der Waals surface area contributed by atoms with Gasteiger partial charge in [-0.2, -0.15) is 0 Å². The van der Waals surface area contributed by atoms with Gasteiger partial charge in [-0.3, -0.25) is 9.78 Å². The first-order valence-electron chi connectivity index (χ1n) is 11.0. The van der Waals surface area contributed by atoms with Crippen LogP contribution in [0.4, 0.5) is 0 Å². The van der Waals surface area contributed by atoms with E-state index in [1.165, 1.54) is 70.6 Å². The van der Waals surface area contributed by atoms with Crippen molar-refractivity contribution in [2.75, 3.05) is 0 Å². The van der Waals surface area contributed by atoms with Crippen LogP contribution >= 0.6 is 0 Å². The fourth-order valence-electron chi connectivity index (χ4n) is 3.04. The Morgan fingerprint density at radius 3 is 2.15 bits per heavy atom. The largest absolute Gasteiger partial charge is 0.459 e. The van der Waals surface area contributed by atoms with E-state index < -0.39 is 0 Å². The third-order valence-corrected chi connectivity index (χ3v) is 4.75. The van der Waals surface area contributed by atoms with Crippen molar-refractivity contribution in [2.24, 2.45) is 0 Å². The molecule has 0 saturated carbocycles. The number of hydrogen-bond donors (Lipinski definition) is 0. The van der Waals surface area contributed by atoms with Crippen molar-refractivity contribution in [1.29, 1.82) is 0 Å². The number of aromatic nitrogens is 1. The molecule has 0 atom stereocenters. The van der Waals surface area contributed by atoms with Gasteiger partial charge in [0.05, 0.1) is 5.69 Å². The van der Waals surface area contributed by atoms with Gasteiger partial charge in [-0.15, -0.1) is 0 Å². The van der Waals surface area contributed by atoms with E-state index >= 15 is 0 Å². The van der Waals surface area contributed by atoms with Crippen LogP contribution in [0.15, 0.2) is 36.5 Å². The van der Waals surface area contributed by atoms with E-state index in [1.807, 2.05) is 18.2 Å². The highest BCUT2D eigenvalue weighted by molar-refractivity contribution is 5.69. The Morgan fingerprint density at radius 1 is 0.889 bits per heavy atom. The summed E-state index contributed by atoms with van der Waals surface area (Å²) in [5, 5.41) is 0. The summed E-state index contributed by atoms with van der Waals surface area (Å²) in [7, 11) is 0. The van der Waals surface area contributed by atoms with Gasteiger partial charge in [-0.1, -0.05) is 82.9 Å². The van der Waals surface area contributed by atoms with Crippen LogP contribution in [0.3, 0.4) is 0 Å². The van der Waals surface area contributed by atoms with Gasteiger partial charge in [-0.05, 0) is 37.8 Å². The number of esters is 1. The minimum atomic E-state index is -0.107. The zero-order chi connectivity index (χ0) is 19.4. The quantitative estimate of drug-likeness (QED) is 0.165. The summed E-state index contributed by atoms with van der Waals surface area (Å²) in [5.41, 5.74) is 0.804. The molecule has 0 amide bonds. The molecule has 0 spiro atoms. The molecule has 0 aromatic carbocycles. The van der Waals surface area contributed by atoms with Crippen LogP contribution in [0.1, 0.15) is 103 Å². The van der Waals surface area contributed by atoms with Crippen LogP contribution in [0.5, 0.6) is 0 Å². The maximum atomic E-state index is 11.7. The van der Waals surface area contributed by atoms with Crippen LogP contribution in [0.25, 0.3) is 0 Å². The molecule has 0 N–H and O–H groups in total. The van der Waals surface area contributed by atoms with E-state index in [0.29, 0.717) is 6.42 Å². The number of hydrogen-bond acceptors (Lipinski definition) is 3. The smallest absolute Gasteiger partial charge is 0.306 e.